The van der Waals surface area contributed by atoms with Crippen LogP contribution in [0.15, 0.2) is 12.1 Å². The maximum atomic E-state index is 10.8. The van der Waals surface area contributed by atoms with E-state index in [0.717, 1.165) is 5.56 Å². The van der Waals surface area contributed by atoms with E-state index in [4.69, 9.17) is 14.6 Å². The van der Waals surface area contributed by atoms with Crippen LogP contribution in [0, 0.1) is 0 Å². The van der Waals surface area contributed by atoms with Crippen LogP contribution >= 0.6 is 0 Å². The minimum atomic E-state index is -0.922. The monoisotopic (exact) mass is 206 g/mol. The van der Waals surface area contributed by atoms with Crippen molar-refractivity contribution >= 4 is 17.6 Å². The Hall–Kier alpha value is -1.97. The summed E-state index contributed by atoms with van der Waals surface area (Å²) in [6.07, 6.45) is 1.61. The molecule has 1 aromatic carbocycles. The standard InChI is InChI=1S/C11H10O4/c1-14-9-4-6-3-8(11(12)13)7(6)5-10(9)15-2/h3-5H,1-2H3,(H,12,13). The van der Waals surface area contributed by atoms with Gasteiger partial charge in [0.2, 0.25) is 0 Å². The van der Waals surface area contributed by atoms with E-state index in [1.807, 2.05) is 0 Å². The van der Waals surface area contributed by atoms with Gasteiger partial charge in [0.25, 0.3) is 0 Å². The van der Waals surface area contributed by atoms with Crippen LogP contribution in [0.3, 0.4) is 0 Å². The average molecular weight is 206 g/mol. The molecule has 78 valence electrons. The second-order valence-electron chi connectivity index (χ2n) is 3.16. The topological polar surface area (TPSA) is 55.8 Å². The molecule has 4 nitrogen and oxygen atoms in total. The Morgan fingerprint density at radius 3 is 2.33 bits per heavy atom. The second kappa shape index (κ2) is 3.31. The lowest BCUT2D eigenvalue weighted by Gasteiger charge is -2.19. The van der Waals surface area contributed by atoms with Crippen molar-refractivity contribution in [2.24, 2.45) is 0 Å². The van der Waals surface area contributed by atoms with Gasteiger partial charge in [-0.05, 0) is 23.8 Å². The van der Waals surface area contributed by atoms with Gasteiger partial charge in [-0.2, -0.15) is 0 Å². The van der Waals surface area contributed by atoms with Crippen LogP contribution in [0.4, 0.5) is 0 Å². The molecule has 0 heterocycles. The Bertz CT molecular complexity index is 460. The van der Waals surface area contributed by atoms with E-state index >= 15 is 0 Å². The highest BCUT2D eigenvalue weighted by Crippen LogP contribution is 2.40. The predicted molar refractivity (Wildman–Crippen MR) is 55.1 cm³/mol. The Labute approximate surface area is 86.7 Å². The first-order valence-electron chi connectivity index (χ1n) is 4.38. The highest BCUT2D eigenvalue weighted by atomic mass is 16.5. The molecule has 1 N–H and O–H groups in total. The summed E-state index contributed by atoms with van der Waals surface area (Å²) in [5, 5.41) is 8.83. The summed E-state index contributed by atoms with van der Waals surface area (Å²) in [5.41, 5.74) is 1.87. The van der Waals surface area contributed by atoms with Gasteiger partial charge in [-0.25, -0.2) is 4.79 Å². The maximum absolute atomic E-state index is 10.8. The van der Waals surface area contributed by atoms with Crippen LogP contribution in [-0.2, 0) is 4.79 Å². The van der Waals surface area contributed by atoms with Gasteiger partial charge in [-0.1, -0.05) is 0 Å². The molecule has 15 heavy (non-hydrogen) atoms. The van der Waals surface area contributed by atoms with Gasteiger partial charge < -0.3 is 14.6 Å². The molecule has 0 amide bonds. The lowest BCUT2D eigenvalue weighted by molar-refractivity contribution is -0.130. The summed E-state index contributed by atoms with van der Waals surface area (Å²) >= 11 is 0. The zero-order valence-electron chi connectivity index (χ0n) is 8.40. The minimum Gasteiger partial charge on any atom is -0.493 e. The van der Waals surface area contributed by atoms with Crippen molar-refractivity contribution in [3.8, 4) is 11.5 Å². The SMILES string of the molecule is COc1cc2c(cc1OC)C(C(=O)O)=C2. The largest absolute Gasteiger partial charge is 0.493 e. The summed E-state index contributed by atoms with van der Waals surface area (Å²) in [7, 11) is 3.07. The van der Waals surface area contributed by atoms with Gasteiger partial charge in [0.15, 0.2) is 11.5 Å². The molecule has 0 aromatic heterocycles. The molecule has 0 unspecified atom stereocenters. The van der Waals surface area contributed by atoms with Gasteiger partial charge in [-0.15, -0.1) is 0 Å². The number of carbonyl (C=O) groups is 1. The Morgan fingerprint density at radius 1 is 1.20 bits per heavy atom. The smallest absolute Gasteiger partial charge is 0.336 e. The number of carboxylic acids is 1. The number of fused-ring (bicyclic) bond motifs is 1. The summed E-state index contributed by atoms with van der Waals surface area (Å²) in [6, 6.07) is 3.44. The van der Waals surface area contributed by atoms with Crippen molar-refractivity contribution < 1.29 is 19.4 Å². The molecule has 0 radical (unpaired) electrons. The van der Waals surface area contributed by atoms with Gasteiger partial charge in [0.1, 0.15) is 0 Å². The summed E-state index contributed by atoms with van der Waals surface area (Å²) in [4.78, 5) is 10.8. The summed E-state index contributed by atoms with van der Waals surface area (Å²) in [5.74, 6) is 0.231. The lowest BCUT2D eigenvalue weighted by atomic mass is 9.88. The van der Waals surface area contributed by atoms with Crippen molar-refractivity contribution in [3.63, 3.8) is 0 Å². The number of hydrogen-bond acceptors (Lipinski definition) is 3. The first-order valence-corrected chi connectivity index (χ1v) is 4.38. The highest BCUT2D eigenvalue weighted by molar-refractivity contribution is 6.26. The van der Waals surface area contributed by atoms with E-state index in [-0.39, 0.29) is 0 Å². The van der Waals surface area contributed by atoms with Crippen LogP contribution in [-0.4, -0.2) is 25.3 Å². The number of methoxy groups -OCH3 is 2. The Morgan fingerprint density at radius 2 is 1.80 bits per heavy atom. The fraction of sp³-hybridized carbons (Fsp3) is 0.182. The molecule has 0 atom stereocenters. The third kappa shape index (κ3) is 1.34. The van der Waals surface area contributed by atoms with Gasteiger partial charge in [-0.3, -0.25) is 0 Å². The van der Waals surface area contributed by atoms with Crippen molar-refractivity contribution in [1.82, 2.24) is 0 Å². The number of ether oxygens (including phenoxy) is 2. The molecular formula is C11H10O4. The predicted octanol–water partition coefficient (Wildman–Crippen LogP) is 1.64. The molecule has 2 rings (SSSR count). The molecule has 0 fully saturated rings. The number of carboxylic acid groups (broad SMARTS) is 1. The highest BCUT2D eigenvalue weighted by Gasteiger charge is 2.24. The van der Waals surface area contributed by atoms with Crippen molar-refractivity contribution in [2.75, 3.05) is 14.2 Å². The molecule has 1 aliphatic rings. The molecule has 0 spiro atoms. The van der Waals surface area contributed by atoms with E-state index in [1.165, 1.54) is 7.11 Å². The van der Waals surface area contributed by atoms with E-state index in [2.05, 4.69) is 0 Å². The lowest BCUT2D eigenvalue weighted by Crippen LogP contribution is -2.09. The summed E-state index contributed by atoms with van der Waals surface area (Å²) < 4.78 is 10.2. The van der Waals surface area contributed by atoms with E-state index in [1.54, 1.807) is 25.3 Å². The summed E-state index contributed by atoms with van der Waals surface area (Å²) in [6.45, 7) is 0. The maximum Gasteiger partial charge on any atom is 0.336 e. The second-order valence-corrected chi connectivity index (χ2v) is 3.16. The normalized spacial score (nSPS) is 12.3. The first-order chi connectivity index (χ1) is 7.17. The van der Waals surface area contributed by atoms with E-state index in [9.17, 15) is 4.79 Å². The molecule has 4 heteroatoms. The number of benzene rings is 1. The fourth-order valence-electron chi connectivity index (χ4n) is 1.58. The molecule has 0 saturated heterocycles. The van der Waals surface area contributed by atoms with Crippen molar-refractivity contribution in [1.29, 1.82) is 0 Å². The van der Waals surface area contributed by atoms with Crippen LogP contribution in [0.2, 0.25) is 0 Å². The average Bonchev–Trinajstić information content (AvgIpc) is 2.19. The van der Waals surface area contributed by atoms with Crippen LogP contribution < -0.4 is 9.47 Å². The van der Waals surface area contributed by atoms with Crippen molar-refractivity contribution in [2.45, 2.75) is 0 Å². The minimum absolute atomic E-state index is 0.311. The molecule has 0 aliphatic heterocycles. The van der Waals surface area contributed by atoms with Crippen LogP contribution in [0.5, 0.6) is 11.5 Å². The molecule has 1 aliphatic carbocycles. The number of aliphatic carboxylic acids is 1. The van der Waals surface area contributed by atoms with Gasteiger partial charge in [0.05, 0.1) is 19.8 Å². The Kier molecular flexibility index (Phi) is 2.11. The molecule has 0 bridgehead atoms. The quantitative estimate of drug-likeness (QED) is 0.816. The van der Waals surface area contributed by atoms with Crippen molar-refractivity contribution in [3.05, 3.63) is 23.3 Å². The van der Waals surface area contributed by atoms with Crippen LogP contribution in [0.1, 0.15) is 11.1 Å². The third-order valence-electron chi connectivity index (χ3n) is 2.38. The molecule has 1 aromatic rings. The first kappa shape index (κ1) is 9.58. The fourth-order valence-corrected chi connectivity index (χ4v) is 1.58. The Balaban J connectivity index is 2.46. The third-order valence-corrected chi connectivity index (χ3v) is 2.38. The van der Waals surface area contributed by atoms with Gasteiger partial charge >= 0.3 is 5.97 Å². The molecular weight excluding hydrogens is 196 g/mol. The zero-order valence-corrected chi connectivity index (χ0v) is 8.40. The molecule has 0 saturated carbocycles. The zero-order chi connectivity index (χ0) is 11.0. The van der Waals surface area contributed by atoms with E-state index in [0.29, 0.717) is 22.6 Å². The van der Waals surface area contributed by atoms with E-state index < -0.39 is 5.97 Å². The van der Waals surface area contributed by atoms with Crippen LogP contribution in [0.25, 0.3) is 11.6 Å². The van der Waals surface area contributed by atoms with Gasteiger partial charge in [0, 0.05) is 5.56 Å². The number of hydrogen-bond donors (Lipinski definition) is 1. The number of rotatable bonds is 3.